The van der Waals surface area contributed by atoms with Crippen molar-refractivity contribution in [1.29, 1.82) is 0 Å². The van der Waals surface area contributed by atoms with Gasteiger partial charge in [0.15, 0.2) is 0 Å². The van der Waals surface area contributed by atoms with Crippen molar-refractivity contribution in [3.63, 3.8) is 0 Å². The Bertz CT molecular complexity index is 1420. The molecule has 4 heterocycles. The second kappa shape index (κ2) is 11.0. The number of hydrogen-bond donors (Lipinski definition) is 2. The van der Waals surface area contributed by atoms with Gasteiger partial charge in [-0.1, -0.05) is 12.1 Å². The Morgan fingerprint density at radius 1 is 1.20 bits per heavy atom. The van der Waals surface area contributed by atoms with Crippen molar-refractivity contribution in [3.8, 4) is 17.1 Å². The van der Waals surface area contributed by atoms with Gasteiger partial charge in [-0.05, 0) is 52.0 Å². The van der Waals surface area contributed by atoms with E-state index >= 15 is 4.39 Å². The van der Waals surface area contributed by atoms with Crippen molar-refractivity contribution in [3.05, 3.63) is 54.0 Å². The SMILES string of the molecule is CCN1CC(C)(C)Oc2nc(N3CCOC[C@@H]3C)nc(-c3ccc(NC(=O)Nc4ccccn4)c(F)c3)c2C1=O. The van der Waals surface area contributed by atoms with E-state index in [4.69, 9.17) is 19.4 Å². The van der Waals surface area contributed by atoms with Gasteiger partial charge in [-0.2, -0.15) is 4.98 Å². The monoisotopic (exact) mass is 549 g/mol. The summed E-state index contributed by atoms with van der Waals surface area (Å²) in [5, 5.41) is 5.05. The molecule has 0 radical (unpaired) electrons. The Morgan fingerprint density at radius 2 is 2.02 bits per heavy atom. The molecule has 0 unspecified atom stereocenters. The van der Waals surface area contributed by atoms with Crippen molar-refractivity contribution < 1.29 is 23.5 Å². The fourth-order valence-corrected chi connectivity index (χ4v) is 4.77. The van der Waals surface area contributed by atoms with Gasteiger partial charge in [0.2, 0.25) is 11.8 Å². The van der Waals surface area contributed by atoms with Crippen LogP contribution in [0.1, 0.15) is 38.1 Å². The smallest absolute Gasteiger partial charge is 0.324 e. The Balaban J connectivity index is 1.55. The summed E-state index contributed by atoms with van der Waals surface area (Å²) in [6, 6.07) is 8.68. The molecule has 2 aliphatic rings. The van der Waals surface area contributed by atoms with Crippen molar-refractivity contribution in [2.45, 2.75) is 39.3 Å². The number of benzene rings is 1. The van der Waals surface area contributed by atoms with E-state index in [2.05, 4.69) is 15.6 Å². The minimum atomic E-state index is -0.712. The quantitative estimate of drug-likeness (QED) is 0.486. The van der Waals surface area contributed by atoms with E-state index in [0.717, 1.165) is 0 Å². The molecule has 1 saturated heterocycles. The molecule has 11 nitrogen and oxygen atoms in total. The lowest BCUT2D eigenvalue weighted by molar-refractivity contribution is 0.0541. The second-order valence-corrected chi connectivity index (χ2v) is 10.3. The third kappa shape index (κ3) is 5.67. The van der Waals surface area contributed by atoms with Gasteiger partial charge in [0.05, 0.1) is 37.2 Å². The number of nitrogens with one attached hydrogen (secondary N) is 2. The van der Waals surface area contributed by atoms with Crippen molar-refractivity contribution in [2.75, 3.05) is 48.4 Å². The zero-order chi connectivity index (χ0) is 28.4. The van der Waals surface area contributed by atoms with Crippen LogP contribution in [-0.2, 0) is 4.74 Å². The maximum atomic E-state index is 15.4. The minimum absolute atomic E-state index is 0.0118. The predicted molar refractivity (Wildman–Crippen MR) is 148 cm³/mol. The summed E-state index contributed by atoms with van der Waals surface area (Å²) >= 11 is 0. The number of carbonyl (C=O) groups excluding carboxylic acids is 2. The summed E-state index contributed by atoms with van der Waals surface area (Å²) in [7, 11) is 0. The van der Waals surface area contributed by atoms with Crippen LogP contribution in [0.5, 0.6) is 5.88 Å². The molecule has 210 valence electrons. The second-order valence-electron chi connectivity index (χ2n) is 10.3. The molecule has 40 heavy (non-hydrogen) atoms. The van der Waals surface area contributed by atoms with E-state index in [1.807, 2.05) is 32.6 Å². The molecule has 1 atom stereocenters. The highest BCUT2D eigenvalue weighted by Gasteiger charge is 2.38. The highest BCUT2D eigenvalue weighted by molar-refractivity contribution is 6.03. The molecule has 2 aromatic heterocycles. The topological polar surface area (TPSA) is 122 Å². The van der Waals surface area contributed by atoms with Gasteiger partial charge < -0.3 is 24.6 Å². The zero-order valence-corrected chi connectivity index (χ0v) is 22.9. The fourth-order valence-electron chi connectivity index (χ4n) is 4.77. The van der Waals surface area contributed by atoms with Crippen molar-refractivity contribution in [2.24, 2.45) is 0 Å². The Labute approximate surface area is 231 Å². The van der Waals surface area contributed by atoms with Crippen LogP contribution in [0.25, 0.3) is 11.3 Å². The molecule has 3 amide bonds. The number of morpholine rings is 1. The van der Waals surface area contributed by atoms with Crippen LogP contribution in [0, 0.1) is 5.82 Å². The summed E-state index contributed by atoms with van der Waals surface area (Å²) < 4.78 is 27.3. The average molecular weight is 550 g/mol. The third-order valence-electron chi connectivity index (χ3n) is 6.71. The summed E-state index contributed by atoms with van der Waals surface area (Å²) in [6.45, 7) is 10.0. The maximum absolute atomic E-state index is 15.4. The first kappa shape index (κ1) is 27.3. The fraction of sp³-hybridized carbons (Fsp3) is 0.393. The van der Waals surface area contributed by atoms with Gasteiger partial charge in [-0.3, -0.25) is 10.1 Å². The van der Waals surface area contributed by atoms with Crippen LogP contribution >= 0.6 is 0 Å². The average Bonchev–Trinajstić information content (AvgIpc) is 3.02. The normalized spacial score (nSPS) is 18.4. The highest BCUT2D eigenvalue weighted by Crippen LogP contribution is 2.37. The standard InChI is InChI=1S/C28H32FN7O4/c1-5-35-16-28(3,4)40-24-22(25(35)37)23(33-26(34-24)36-12-13-39-15-17(36)2)18-9-10-20(19(29)14-18)31-27(38)32-21-8-6-7-11-30-21/h6-11,14,17H,5,12-13,15-16H2,1-4H3,(H2,30,31,32,38)/t17-/m0/s1. The molecule has 0 spiro atoms. The molecule has 2 aliphatic heterocycles. The number of urea groups is 1. The number of halogens is 1. The summed E-state index contributed by atoms with van der Waals surface area (Å²) in [5.74, 6) is -0.140. The first-order valence-electron chi connectivity index (χ1n) is 13.2. The molecule has 1 aromatic carbocycles. The number of rotatable bonds is 5. The van der Waals surface area contributed by atoms with E-state index in [1.165, 1.54) is 18.3 Å². The molecular formula is C28H32FN7O4. The number of anilines is 3. The van der Waals surface area contributed by atoms with Crippen LogP contribution in [0.3, 0.4) is 0 Å². The number of amides is 3. The van der Waals surface area contributed by atoms with E-state index in [0.29, 0.717) is 50.2 Å². The molecule has 0 aliphatic carbocycles. The van der Waals surface area contributed by atoms with Crippen molar-refractivity contribution >= 4 is 29.4 Å². The summed E-state index contributed by atoms with van der Waals surface area (Å²) in [4.78, 5) is 43.3. The zero-order valence-electron chi connectivity index (χ0n) is 22.9. The molecule has 3 aromatic rings. The summed E-state index contributed by atoms with van der Waals surface area (Å²) in [6.07, 6.45) is 1.54. The van der Waals surface area contributed by atoms with Gasteiger partial charge >= 0.3 is 6.03 Å². The Morgan fingerprint density at radius 3 is 2.73 bits per heavy atom. The molecule has 1 fully saturated rings. The number of carbonyl (C=O) groups is 2. The number of aromatic nitrogens is 3. The minimum Gasteiger partial charge on any atom is -0.469 e. The van der Waals surface area contributed by atoms with E-state index in [9.17, 15) is 9.59 Å². The lowest BCUT2D eigenvalue weighted by Gasteiger charge is -2.34. The number of likely N-dealkylation sites (N-methyl/N-ethyl adjacent to an activating group) is 1. The van der Waals surface area contributed by atoms with Crippen molar-refractivity contribution in [1.82, 2.24) is 19.9 Å². The Kier molecular flexibility index (Phi) is 7.53. The molecule has 0 bridgehead atoms. The van der Waals surface area contributed by atoms with Gasteiger partial charge in [0.25, 0.3) is 5.91 Å². The molecular weight excluding hydrogens is 517 g/mol. The van der Waals surface area contributed by atoms with Crippen LogP contribution in [0.2, 0.25) is 0 Å². The van der Waals surface area contributed by atoms with Gasteiger partial charge in [-0.25, -0.2) is 19.2 Å². The number of pyridine rings is 1. The van der Waals surface area contributed by atoms with E-state index < -0.39 is 17.4 Å². The molecule has 2 N–H and O–H groups in total. The number of hydrogen-bond acceptors (Lipinski definition) is 8. The number of fused-ring (bicyclic) bond motifs is 1. The number of ether oxygens (including phenoxy) is 2. The van der Waals surface area contributed by atoms with Gasteiger partial charge in [-0.15, -0.1) is 0 Å². The van der Waals surface area contributed by atoms with Gasteiger partial charge in [0.1, 0.15) is 22.8 Å². The van der Waals surface area contributed by atoms with Crippen LogP contribution < -0.4 is 20.3 Å². The first-order valence-corrected chi connectivity index (χ1v) is 13.2. The molecule has 12 heteroatoms. The highest BCUT2D eigenvalue weighted by atomic mass is 19.1. The van der Waals surface area contributed by atoms with Crippen LogP contribution in [0.4, 0.5) is 26.6 Å². The van der Waals surface area contributed by atoms with E-state index in [-0.39, 0.29) is 34.8 Å². The van der Waals surface area contributed by atoms with Gasteiger partial charge in [0, 0.05) is 24.8 Å². The predicted octanol–water partition coefficient (Wildman–Crippen LogP) is 4.18. The molecule has 5 rings (SSSR count). The molecule has 0 saturated carbocycles. The summed E-state index contributed by atoms with van der Waals surface area (Å²) in [5.41, 5.74) is 0.0180. The first-order chi connectivity index (χ1) is 19.1. The largest absolute Gasteiger partial charge is 0.469 e. The van der Waals surface area contributed by atoms with E-state index in [1.54, 1.807) is 29.2 Å². The van der Waals surface area contributed by atoms with Crippen LogP contribution in [0.15, 0.2) is 42.6 Å². The third-order valence-corrected chi connectivity index (χ3v) is 6.71. The Hall–Kier alpha value is -4.32. The lowest BCUT2D eigenvalue weighted by atomic mass is 10.0. The lowest BCUT2D eigenvalue weighted by Crippen LogP contribution is -2.44. The maximum Gasteiger partial charge on any atom is 0.324 e. The van der Waals surface area contributed by atoms with Crippen LogP contribution in [-0.4, -0.2) is 76.3 Å². The number of nitrogens with zero attached hydrogens (tertiary/aromatic N) is 5.